The molecule has 1 saturated heterocycles. The number of likely N-dealkylation sites (tertiary alicyclic amines) is 1. The minimum Gasteiger partial charge on any atom is -0.392 e. The van der Waals surface area contributed by atoms with Crippen LogP contribution >= 0.6 is 0 Å². The van der Waals surface area contributed by atoms with Gasteiger partial charge < -0.3 is 14.9 Å². The van der Waals surface area contributed by atoms with Crippen molar-refractivity contribution in [1.29, 1.82) is 0 Å². The van der Waals surface area contributed by atoms with Crippen LogP contribution in [-0.2, 0) is 6.54 Å². The number of aliphatic hydroxyl groups excluding tert-OH is 1. The van der Waals surface area contributed by atoms with Crippen molar-refractivity contribution in [2.75, 3.05) is 33.2 Å². The molecule has 5 nitrogen and oxygen atoms in total. The van der Waals surface area contributed by atoms with Crippen molar-refractivity contribution >= 4 is 0 Å². The maximum Gasteiger partial charge on any atom is 0.0769 e. The molecule has 136 valence electrons. The van der Waals surface area contributed by atoms with E-state index in [1.807, 2.05) is 36.0 Å². The summed E-state index contributed by atoms with van der Waals surface area (Å²) in [5.74, 6) is 0.742. The first-order chi connectivity index (χ1) is 12.1. The molecule has 1 aromatic carbocycles. The molecule has 0 unspecified atom stereocenters. The molecule has 0 bridgehead atoms. The van der Waals surface area contributed by atoms with E-state index >= 15 is 0 Å². The van der Waals surface area contributed by atoms with Crippen LogP contribution in [0.3, 0.4) is 0 Å². The number of rotatable bonds is 7. The van der Waals surface area contributed by atoms with E-state index < -0.39 is 0 Å². The third-order valence-electron chi connectivity index (χ3n) is 4.90. The Balaban J connectivity index is 1.46. The Kier molecular flexibility index (Phi) is 6.24. The zero-order valence-corrected chi connectivity index (χ0v) is 15.4. The highest BCUT2D eigenvalue weighted by molar-refractivity contribution is 5.30. The Hall–Kier alpha value is -1.69. The van der Waals surface area contributed by atoms with Crippen LogP contribution in [-0.4, -0.2) is 64.0 Å². The minimum absolute atomic E-state index is 0.223. The average Bonchev–Trinajstić information content (AvgIpc) is 3.05. The molecule has 2 heterocycles. The molecule has 1 aromatic heterocycles. The van der Waals surface area contributed by atoms with Gasteiger partial charge in [0.1, 0.15) is 0 Å². The molecule has 1 fully saturated rings. The van der Waals surface area contributed by atoms with Crippen LogP contribution < -0.4 is 0 Å². The summed E-state index contributed by atoms with van der Waals surface area (Å²) in [4.78, 5) is 4.76. The van der Waals surface area contributed by atoms with Crippen molar-refractivity contribution in [3.05, 3.63) is 48.3 Å². The summed E-state index contributed by atoms with van der Waals surface area (Å²) >= 11 is 0. The van der Waals surface area contributed by atoms with Gasteiger partial charge in [-0.2, -0.15) is 5.10 Å². The third kappa shape index (κ3) is 5.39. The van der Waals surface area contributed by atoms with Gasteiger partial charge in [0.25, 0.3) is 0 Å². The molecule has 0 amide bonds. The Labute approximate surface area is 150 Å². The highest BCUT2D eigenvalue weighted by Gasteiger charge is 2.21. The van der Waals surface area contributed by atoms with Gasteiger partial charge in [0.05, 0.1) is 17.5 Å². The average molecular weight is 342 g/mol. The fourth-order valence-corrected chi connectivity index (χ4v) is 3.68. The van der Waals surface area contributed by atoms with Crippen molar-refractivity contribution in [2.45, 2.75) is 32.4 Å². The summed E-state index contributed by atoms with van der Waals surface area (Å²) < 4.78 is 1.94. The predicted octanol–water partition coefficient (Wildman–Crippen LogP) is 2.40. The summed E-state index contributed by atoms with van der Waals surface area (Å²) in [5.41, 5.74) is 2.21. The standard InChI is InChI=1S/C20H30N4O/c1-17(25)14-23-11-8-18(9-12-23)15-22(2)16-19-10-13-24(21-19)20-6-4-3-5-7-20/h3-7,10,13,17-18,25H,8-9,11-12,14-16H2,1-2H3/t17-/m0/s1. The van der Waals surface area contributed by atoms with Gasteiger partial charge in [-0.3, -0.25) is 0 Å². The number of aromatic nitrogens is 2. The molecule has 3 rings (SSSR count). The van der Waals surface area contributed by atoms with Crippen LogP contribution in [0, 0.1) is 5.92 Å². The quantitative estimate of drug-likeness (QED) is 0.839. The molecule has 0 spiro atoms. The summed E-state index contributed by atoms with van der Waals surface area (Å²) in [5, 5.41) is 14.2. The first-order valence-corrected chi connectivity index (χ1v) is 9.29. The van der Waals surface area contributed by atoms with Crippen LogP contribution in [0.25, 0.3) is 5.69 Å². The molecule has 1 N–H and O–H groups in total. The Morgan fingerprint density at radius 1 is 1.20 bits per heavy atom. The Morgan fingerprint density at radius 3 is 2.60 bits per heavy atom. The third-order valence-corrected chi connectivity index (χ3v) is 4.90. The summed E-state index contributed by atoms with van der Waals surface area (Å²) in [6.45, 7) is 6.88. The van der Waals surface area contributed by atoms with E-state index in [2.05, 4.69) is 35.0 Å². The Bertz CT molecular complexity index is 632. The van der Waals surface area contributed by atoms with Crippen LogP contribution in [0.4, 0.5) is 0 Å². The number of hydrogen-bond acceptors (Lipinski definition) is 4. The summed E-state index contributed by atoms with van der Waals surface area (Å²) in [6, 6.07) is 12.3. The Morgan fingerprint density at radius 2 is 1.92 bits per heavy atom. The topological polar surface area (TPSA) is 44.5 Å². The largest absolute Gasteiger partial charge is 0.392 e. The van der Waals surface area contributed by atoms with Gasteiger partial charge in [0.15, 0.2) is 0 Å². The number of β-amino-alcohol motifs (C(OH)–C–C–N with tert-alkyl or cyclic N) is 1. The maximum atomic E-state index is 9.51. The second-order valence-electron chi connectivity index (χ2n) is 7.38. The first-order valence-electron chi connectivity index (χ1n) is 9.29. The van der Waals surface area contributed by atoms with E-state index in [0.29, 0.717) is 0 Å². The predicted molar refractivity (Wildman–Crippen MR) is 101 cm³/mol. The minimum atomic E-state index is -0.223. The van der Waals surface area contributed by atoms with Crippen molar-refractivity contribution in [3.63, 3.8) is 0 Å². The number of hydrogen-bond donors (Lipinski definition) is 1. The lowest BCUT2D eigenvalue weighted by Gasteiger charge is -2.34. The number of piperidine rings is 1. The second-order valence-corrected chi connectivity index (χ2v) is 7.38. The van der Waals surface area contributed by atoms with E-state index in [1.54, 1.807) is 0 Å². The molecule has 1 aliphatic heterocycles. The van der Waals surface area contributed by atoms with E-state index in [-0.39, 0.29) is 6.10 Å². The molecule has 1 atom stereocenters. The van der Waals surface area contributed by atoms with Crippen molar-refractivity contribution in [3.8, 4) is 5.69 Å². The molecule has 0 radical (unpaired) electrons. The van der Waals surface area contributed by atoms with Crippen LogP contribution in [0.5, 0.6) is 0 Å². The molecule has 1 aliphatic rings. The normalized spacial score (nSPS) is 17.9. The zero-order valence-electron chi connectivity index (χ0n) is 15.4. The number of aliphatic hydroxyl groups is 1. The molecule has 25 heavy (non-hydrogen) atoms. The van der Waals surface area contributed by atoms with Crippen molar-refractivity contribution < 1.29 is 5.11 Å². The molecule has 0 aliphatic carbocycles. The molecule has 0 saturated carbocycles. The van der Waals surface area contributed by atoms with Crippen LogP contribution in [0.15, 0.2) is 42.6 Å². The van der Waals surface area contributed by atoms with E-state index in [4.69, 9.17) is 5.10 Å². The maximum absolute atomic E-state index is 9.51. The van der Waals surface area contributed by atoms with E-state index in [1.165, 1.54) is 12.8 Å². The van der Waals surface area contributed by atoms with Gasteiger partial charge in [-0.1, -0.05) is 18.2 Å². The lowest BCUT2D eigenvalue weighted by atomic mass is 9.96. The monoisotopic (exact) mass is 342 g/mol. The van der Waals surface area contributed by atoms with Gasteiger partial charge in [-0.15, -0.1) is 0 Å². The van der Waals surface area contributed by atoms with Crippen molar-refractivity contribution in [1.82, 2.24) is 19.6 Å². The fraction of sp³-hybridized carbons (Fsp3) is 0.550. The first kappa shape index (κ1) is 18.1. The molecular formula is C20H30N4O. The summed E-state index contributed by atoms with van der Waals surface area (Å²) in [6.07, 6.45) is 4.25. The molecular weight excluding hydrogens is 312 g/mol. The fourth-order valence-electron chi connectivity index (χ4n) is 3.68. The lowest BCUT2D eigenvalue weighted by Crippen LogP contribution is -2.40. The number of nitrogens with zero attached hydrogens (tertiary/aromatic N) is 4. The van der Waals surface area contributed by atoms with Crippen LogP contribution in [0.2, 0.25) is 0 Å². The van der Waals surface area contributed by atoms with Crippen molar-refractivity contribution in [2.24, 2.45) is 5.92 Å². The van der Waals surface area contributed by atoms with Gasteiger partial charge in [0.2, 0.25) is 0 Å². The number of benzene rings is 1. The smallest absolute Gasteiger partial charge is 0.0769 e. The van der Waals surface area contributed by atoms with Gasteiger partial charge >= 0.3 is 0 Å². The van der Waals surface area contributed by atoms with E-state index in [9.17, 15) is 5.11 Å². The summed E-state index contributed by atoms with van der Waals surface area (Å²) in [7, 11) is 2.18. The highest BCUT2D eigenvalue weighted by atomic mass is 16.3. The number of para-hydroxylation sites is 1. The molecule has 2 aromatic rings. The van der Waals surface area contributed by atoms with Gasteiger partial charge in [0, 0.05) is 25.8 Å². The zero-order chi connectivity index (χ0) is 17.6. The SMILES string of the molecule is C[C@H](O)CN1CCC(CN(C)Cc2ccn(-c3ccccc3)n2)CC1. The lowest BCUT2D eigenvalue weighted by molar-refractivity contribution is 0.0918. The molecule has 5 heteroatoms. The highest BCUT2D eigenvalue weighted by Crippen LogP contribution is 2.19. The van der Waals surface area contributed by atoms with Gasteiger partial charge in [-0.05, 0) is 64.0 Å². The van der Waals surface area contributed by atoms with Gasteiger partial charge in [-0.25, -0.2) is 4.68 Å². The van der Waals surface area contributed by atoms with E-state index in [0.717, 1.165) is 50.0 Å². The van der Waals surface area contributed by atoms with Crippen LogP contribution in [0.1, 0.15) is 25.5 Å². The second kappa shape index (κ2) is 8.61.